The van der Waals surface area contributed by atoms with Crippen LogP contribution in [0, 0.1) is 0 Å². The van der Waals surface area contributed by atoms with Crippen LogP contribution in [0.5, 0.6) is 0 Å². The number of carbonyl (C=O) groups excluding carboxylic acids is 1. The second-order valence-corrected chi connectivity index (χ2v) is 6.48. The first-order valence-corrected chi connectivity index (χ1v) is 8.45. The number of ether oxygens (including phenoxy) is 4. The molecule has 0 radical (unpaired) electrons. The van der Waals surface area contributed by atoms with E-state index in [2.05, 4.69) is 5.32 Å². The molecule has 0 spiro atoms. The molecule has 7 N–H and O–H groups in total. The van der Waals surface area contributed by atoms with Crippen LogP contribution < -0.4 is 5.32 Å². The fraction of sp³-hybridized carbons (Fsp3) is 0.933. The Labute approximate surface area is 155 Å². The Kier molecular flexibility index (Phi) is 7.88. The summed E-state index contributed by atoms with van der Waals surface area (Å²) in [5.41, 5.74) is 0. The molecule has 2 fully saturated rings. The molecule has 2 aliphatic heterocycles. The molecule has 27 heavy (non-hydrogen) atoms. The van der Waals surface area contributed by atoms with E-state index in [4.69, 9.17) is 18.9 Å². The minimum Gasteiger partial charge on any atom is -0.394 e. The van der Waals surface area contributed by atoms with Crippen LogP contribution in [0.2, 0.25) is 0 Å². The number of methoxy groups -OCH3 is 1. The largest absolute Gasteiger partial charge is 0.394 e. The molecule has 0 bridgehead atoms. The van der Waals surface area contributed by atoms with Gasteiger partial charge in [-0.2, -0.15) is 0 Å². The van der Waals surface area contributed by atoms with Crippen molar-refractivity contribution in [3.63, 3.8) is 0 Å². The maximum Gasteiger partial charge on any atom is 0.217 e. The van der Waals surface area contributed by atoms with Gasteiger partial charge in [0.2, 0.25) is 5.91 Å². The molecule has 2 saturated heterocycles. The lowest BCUT2D eigenvalue weighted by molar-refractivity contribution is -0.344. The molecule has 0 saturated carbocycles. The second-order valence-electron chi connectivity index (χ2n) is 6.48. The van der Waals surface area contributed by atoms with E-state index in [0.29, 0.717) is 0 Å². The van der Waals surface area contributed by atoms with E-state index in [0.717, 1.165) is 0 Å². The van der Waals surface area contributed by atoms with Gasteiger partial charge in [-0.05, 0) is 0 Å². The van der Waals surface area contributed by atoms with Crippen LogP contribution in [0.15, 0.2) is 0 Å². The third-order valence-electron chi connectivity index (χ3n) is 4.60. The Hall–Kier alpha value is -0.930. The summed E-state index contributed by atoms with van der Waals surface area (Å²) in [6, 6.07) is -1.25. The topological polar surface area (TPSA) is 187 Å². The lowest BCUT2D eigenvalue weighted by atomic mass is 9.95. The summed E-state index contributed by atoms with van der Waals surface area (Å²) in [5, 5.41) is 61.9. The number of rotatable bonds is 6. The number of aliphatic hydroxyl groups is 6. The molecule has 0 aliphatic carbocycles. The quantitative estimate of drug-likeness (QED) is 0.228. The molecule has 10 atom stereocenters. The number of aliphatic hydroxyl groups excluding tert-OH is 6. The molecule has 2 aliphatic rings. The van der Waals surface area contributed by atoms with E-state index in [1.54, 1.807) is 0 Å². The third-order valence-corrected chi connectivity index (χ3v) is 4.60. The summed E-state index contributed by atoms with van der Waals surface area (Å²) in [6.07, 6.45) is -12.4. The predicted molar refractivity (Wildman–Crippen MR) is 85.0 cm³/mol. The number of hydrogen-bond donors (Lipinski definition) is 7. The van der Waals surface area contributed by atoms with Crippen LogP contribution in [0.25, 0.3) is 0 Å². The van der Waals surface area contributed by atoms with Crippen molar-refractivity contribution in [3.8, 4) is 0 Å². The summed E-state index contributed by atoms with van der Waals surface area (Å²) in [6.45, 7) is -0.0617. The van der Waals surface area contributed by atoms with Gasteiger partial charge in [0.25, 0.3) is 0 Å². The zero-order valence-corrected chi connectivity index (χ0v) is 14.9. The first kappa shape index (κ1) is 22.4. The van der Waals surface area contributed by atoms with Crippen molar-refractivity contribution in [3.05, 3.63) is 0 Å². The average Bonchev–Trinajstić information content (AvgIpc) is 2.64. The van der Waals surface area contributed by atoms with Crippen LogP contribution in [0.3, 0.4) is 0 Å². The highest BCUT2D eigenvalue weighted by atomic mass is 16.7. The fourth-order valence-electron chi connectivity index (χ4n) is 3.15. The van der Waals surface area contributed by atoms with Crippen molar-refractivity contribution in [2.24, 2.45) is 0 Å². The normalized spacial score (nSPS) is 45.5. The predicted octanol–water partition coefficient (Wildman–Crippen LogP) is -4.60. The summed E-state index contributed by atoms with van der Waals surface area (Å²) in [7, 11) is 1.25. The second kappa shape index (κ2) is 9.52. The van der Waals surface area contributed by atoms with Crippen molar-refractivity contribution < 1.29 is 54.4 Å². The zero-order valence-electron chi connectivity index (χ0n) is 14.9. The molecule has 12 nitrogen and oxygen atoms in total. The highest BCUT2D eigenvalue weighted by Gasteiger charge is 2.51. The van der Waals surface area contributed by atoms with E-state index in [9.17, 15) is 35.4 Å². The van der Waals surface area contributed by atoms with Crippen LogP contribution in [-0.4, -0.2) is 118 Å². The molecule has 12 heteroatoms. The molecule has 0 aromatic carbocycles. The lowest BCUT2D eigenvalue weighted by Gasteiger charge is -2.46. The fourth-order valence-corrected chi connectivity index (χ4v) is 3.15. The molecular weight excluding hydrogens is 370 g/mol. The zero-order chi connectivity index (χ0) is 20.3. The highest BCUT2D eigenvalue weighted by Crippen LogP contribution is 2.29. The third kappa shape index (κ3) is 4.74. The molecular formula is C15H27NO11. The number of hydrogen-bond acceptors (Lipinski definition) is 11. The van der Waals surface area contributed by atoms with Gasteiger partial charge in [0, 0.05) is 14.0 Å². The first-order valence-electron chi connectivity index (χ1n) is 8.45. The van der Waals surface area contributed by atoms with Gasteiger partial charge in [-0.3, -0.25) is 4.79 Å². The maximum atomic E-state index is 11.4. The highest BCUT2D eigenvalue weighted by molar-refractivity contribution is 5.73. The lowest BCUT2D eigenvalue weighted by Crippen LogP contribution is -2.67. The number of carbonyl (C=O) groups is 1. The van der Waals surface area contributed by atoms with Crippen molar-refractivity contribution in [1.82, 2.24) is 5.32 Å². The monoisotopic (exact) mass is 397 g/mol. The minimum absolute atomic E-state index is 0.554. The van der Waals surface area contributed by atoms with Gasteiger partial charge in [0.05, 0.1) is 13.2 Å². The summed E-state index contributed by atoms with van der Waals surface area (Å²) < 4.78 is 21.2. The molecule has 2 rings (SSSR count). The van der Waals surface area contributed by atoms with Crippen LogP contribution in [-0.2, 0) is 23.7 Å². The van der Waals surface area contributed by atoms with Crippen molar-refractivity contribution >= 4 is 5.91 Å². The van der Waals surface area contributed by atoms with E-state index >= 15 is 0 Å². The molecule has 0 aromatic rings. The average molecular weight is 397 g/mol. The smallest absolute Gasteiger partial charge is 0.217 e. The van der Waals surface area contributed by atoms with Gasteiger partial charge in [-0.1, -0.05) is 0 Å². The number of nitrogens with one attached hydrogen (secondary N) is 1. The Bertz CT molecular complexity index is 478. The van der Waals surface area contributed by atoms with Gasteiger partial charge in [-0.15, -0.1) is 0 Å². The van der Waals surface area contributed by atoms with Gasteiger partial charge in [-0.25, -0.2) is 0 Å². The van der Waals surface area contributed by atoms with Gasteiger partial charge >= 0.3 is 0 Å². The van der Waals surface area contributed by atoms with Crippen molar-refractivity contribution in [1.29, 1.82) is 0 Å². The molecule has 10 unspecified atom stereocenters. The van der Waals surface area contributed by atoms with Gasteiger partial charge in [0.1, 0.15) is 48.8 Å². The number of amides is 1. The van der Waals surface area contributed by atoms with Crippen LogP contribution in [0.1, 0.15) is 6.92 Å². The first-order chi connectivity index (χ1) is 12.7. The Morgan fingerprint density at radius 2 is 1.48 bits per heavy atom. The molecule has 2 heterocycles. The van der Waals surface area contributed by atoms with Crippen molar-refractivity contribution in [2.45, 2.75) is 68.3 Å². The van der Waals surface area contributed by atoms with Crippen molar-refractivity contribution in [2.75, 3.05) is 20.3 Å². The van der Waals surface area contributed by atoms with Gasteiger partial charge in [0.15, 0.2) is 12.6 Å². The van der Waals surface area contributed by atoms with Gasteiger partial charge < -0.3 is 54.9 Å². The summed E-state index contributed by atoms with van der Waals surface area (Å²) in [5.74, 6) is -0.554. The molecule has 0 aromatic heterocycles. The summed E-state index contributed by atoms with van der Waals surface area (Å²) in [4.78, 5) is 11.4. The van der Waals surface area contributed by atoms with Crippen LogP contribution in [0.4, 0.5) is 0 Å². The maximum absolute atomic E-state index is 11.4. The molecule has 1 amide bonds. The Morgan fingerprint density at radius 3 is 2.00 bits per heavy atom. The molecule has 158 valence electrons. The Balaban J connectivity index is 2.24. The van der Waals surface area contributed by atoms with Crippen LogP contribution >= 0.6 is 0 Å². The van der Waals surface area contributed by atoms with E-state index in [1.807, 2.05) is 0 Å². The Morgan fingerprint density at radius 1 is 0.926 bits per heavy atom. The van der Waals surface area contributed by atoms with E-state index < -0.39 is 80.5 Å². The SMILES string of the molecule is COC1OC(CO)C(O)C(OC2OC(CO)C(O)C(O)C2NC(C)=O)C1O. The van der Waals surface area contributed by atoms with E-state index in [1.165, 1.54) is 14.0 Å². The standard InChI is InChI=1S/C15H27NO11/c1-5(19)16-8-11(22)9(20)6(3-17)25-14(8)27-13-10(21)7(4-18)26-15(24-2)12(13)23/h6-15,17-18,20-23H,3-4H2,1-2H3,(H,16,19). The van der Waals surface area contributed by atoms with E-state index in [-0.39, 0.29) is 0 Å². The minimum atomic E-state index is -1.55. The summed E-state index contributed by atoms with van der Waals surface area (Å²) >= 11 is 0.